The number of furan rings is 1. The molecule has 5 nitrogen and oxygen atoms in total. The summed E-state index contributed by atoms with van der Waals surface area (Å²) in [5.74, 6) is 3.26. The monoisotopic (exact) mass is 370 g/mol. The summed E-state index contributed by atoms with van der Waals surface area (Å²) in [6, 6.07) is 12.4. The second kappa shape index (κ2) is 8.46. The van der Waals surface area contributed by atoms with Crippen LogP contribution in [0, 0.1) is 11.8 Å². The van der Waals surface area contributed by atoms with Crippen molar-refractivity contribution in [3.63, 3.8) is 0 Å². The topological polar surface area (TPSA) is 38.1 Å². The summed E-state index contributed by atoms with van der Waals surface area (Å²) in [6.45, 7) is 5.99. The zero-order valence-electron chi connectivity index (χ0n) is 16.3. The van der Waals surface area contributed by atoms with Crippen molar-refractivity contribution in [1.82, 2.24) is 9.80 Å². The molecule has 146 valence electrons. The molecule has 3 atom stereocenters. The van der Waals surface area contributed by atoms with Crippen LogP contribution in [0.15, 0.2) is 47.1 Å². The third kappa shape index (κ3) is 4.54. The van der Waals surface area contributed by atoms with Crippen LogP contribution in [0.4, 0.5) is 0 Å². The first-order valence-electron chi connectivity index (χ1n) is 9.89. The van der Waals surface area contributed by atoms with Crippen molar-refractivity contribution in [1.29, 1.82) is 0 Å². The van der Waals surface area contributed by atoms with Crippen LogP contribution < -0.4 is 4.74 Å². The smallest absolute Gasteiger partial charge is 0.118 e. The molecule has 2 aliphatic heterocycles. The molecule has 0 saturated carbocycles. The lowest BCUT2D eigenvalue weighted by molar-refractivity contribution is 0.0459. The summed E-state index contributed by atoms with van der Waals surface area (Å²) in [7, 11) is 3.86. The summed E-state index contributed by atoms with van der Waals surface area (Å²) in [5, 5.41) is 0. The number of fused-ring (bicyclic) bond motifs is 1. The van der Waals surface area contributed by atoms with Crippen LogP contribution in [0.25, 0.3) is 0 Å². The standard InChI is InChI=1S/C22H30N2O3/c1-23(13-20-4-3-11-26-20)15-22-21-14-24(10-9-18(21)16-27-22)12-17-5-7-19(25-2)8-6-17/h3-8,11,18,21-22H,9-10,12-16H2,1-2H3/t18-,21-,22+/m0/s1. The predicted octanol–water partition coefficient (Wildman–Crippen LogP) is 3.26. The fourth-order valence-corrected chi connectivity index (χ4v) is 4.46. The minimum atomic E-state index is 0.314. The molecule has 0 N–H and O–H groups in total. The highest BCUT2D eigenvalue weighted by atomic mass is 16.5. The van der Waals surface area contributed by atoms with E-state index in [0.29, 0.717) is 17.9 Å². The number of ether oxygens (including phenoxy) is 2. The molecule has 2 aliphatic rings. The van der Waals surface area contributed by atoms with Crippen molar-refractivity contribution >= 4 is 0 Å². The van der Waals surface area contributed by atoms with Crippen molar-refractivity contribution in [2.24, 2.45) is 11.8 Å². The zero-order valence-corrected chi connectivity index (χ0v) is 16.3. The zero-order chi connectivity index (χ0) is 18.6. The van der Waals surface area contributed by atoms with Gasteiger partial charge < -0.3 is 13.9 Å². The third-order valence-electron chi connectivity index (χ3n) is 5.96. The maximum absolute atomic E-state index is 6.20. The highest BCUT2D eigenvalue weighted by molar-refractivity contribution is 5.27. The van der Waals surface area contributed by atoms with Crippen LogP contribution in [0.2, 0.25) is 0 Å². The normalized spacial score (nSPS) is 25.7. The summed E-state index contributed by atoms with van der Waals surface area (Å²) in [5.41, 5.74) is 1.35. The SMILES string of the molecule is COc1ccc(CN2CC[C@H]3CO[C@H](CN(C)Cc4ccco4)[C@H]3C2)cc1. The van der Waals surface area contributed by atoms with Gasteiger partial charge in [-0.25, -0.2) is 0 Å². The van der Waals surface area contributed by atoms with Gasteiger partial charge in [0.05, 0.1) is 32.6 Å². The molecule has 2 fully saturated rings. The second-order valence-electron chi connectivity index (χ2n) is 7.94. The molecule has 3 heterocycles. The Hall–Kier alpha value is -1.82. The Bertz CT molecular complexity index is 701. The Balaban J connectivity index is 1.32. The van der Waals surface area contributed by atoms with E-state index in [1.54, 1.807) is 13.4 Å². The van der Waals surface area contributed by atoms with E-state index in [1.807, 2.05) is 24.3 Å². The lowest BCUT2D eigenvalue weighted by atomic mass is 9.84. The number of rotatable bonds is 7. The molecule has 1 aromatic carbocycles. The van der Waals surface area contributed by atoms with Crippen molar-refractivity contribution in [3.8, 4) is 5.75 Å². The van der Waals surface area contributed by atoms with E-state index in [9.17, 15) is 0 Å². The molecule has 1 aromatic heterocycles. The first kappa shape index (κ1) is 18.5. The quantitative estimate of drug-likeness (QED) is 0.748. The molecule has 0 bridgehead atoms. The van der Waals surface area contributed by atoms with E-state index in [1.165, 1.54) is 12.0 Å². The minimum Gasteiger partial charge on any atom is -0.497 e. The van der Waals surface area contributed by atoms with Crippen molar-refractivity contribution in [2.45, 2.75) is 25.6 Å². The van der Waals surface area contributed by atoms with Crippen LogP contribution in [0.3, 0.4) is 0 Å². The van der Waals surface area contributed by atoms with Gasteiger partial charge in [0.25, 0.3) is 0 Å². The van der Waals surface area contributed by atoms with E-state index in [4.69, 9.17) is 13.9 Å². The molecular formula is C22H30N2O3. The molecule has 5 heteroatoms. The van der Waals surface area contributed by atoms with Crippen molar-refractivity contribution in [2.75, 3.05) is 40.4 Å². The van der Waals surface area contributed by atoms with Gasteiger partial charge in [0.15, 0.2) is 0 Å². The number of hydrogen-bond acceptors (Lipinski definition) is 5. The highest BCUT2D eigenvalue weighted by Gasteiger charge is 2.41. The average molecular weight is 370 g/mol. The van der Waals surface area contributed by atoms with Crippen LogP contribution in [-0.4, -0.2) is 56.3 Å². The van der Waals surface area contributed by atoms with Gasteiger partial charge >= 0.3 is 0 Å². The maximum Gasteiger partial charge on any atom is 0.118 e. The number of likely N-dealkylation sites (N-methyl/N-ethyl adjacent to an activating group) is 1. The number of methoxy groups -OCH3 is 1. The van der Waals surface area contributed by atoms with E-state index in [0.717, 1.165) is 50.8 Å². The summed E-state index contributed by atoms with van der Waals surface area (Å²) in [6.07, 6.45) is 3.29. The first-order chi connectivity index (χ1) is 13.2. The number of benzene rings is 1. The van der Waals surface area contributed by atoms with E-state index < -0.39 is 0 Å². The van der Waals surface area contributed by atoms with Gasteiger partial charge in [-0.2, -0.15) is 0 Å². The summed E-state index contributed by atoms with van der Waals surface area (Å²) >= 11 is 0. The molecule has 4 rings (SSSR count). The van der Waals surface area contributed by atoms with Gasteiger partial charge in [0, 0.05) is 25.6 Å². The Morgan fingerprint density at radius 2 is 2.07 bits per heavy atom. The Kier molecular flexibility index (Phi) is 5.81. The molecule has 0 unspecified atom stereocenters. The van der Waals surface area contributed by atoms with Gasteiger partial charge in [-0.3, -0.25) is 9.80 Å². The lowest BCUT2D eigenvalue weighted by Crippen LogP contribution is -2.44. The van der Waals surface area contributed by atoms with Crippen LogP contribution in [0.1, 0.15) is 17.7 Å². The minimum absolute atomic E-state index is 0.314. The molecule has 2 saturated heterocycles. The van der Waals surface area contributed by atoms with Crippen LogP contribution >= 0.6 is 0 Å². The second-order valence-corrected chi connectivity index (χ2v) is 7.94. The predicted molar refractivity (Wildman–Crippen MR) is 105 cm³/mol. The van der Waals surface area contributed by atoms with E-state index >= 15 is 0 Å². The van der Waals surface area contributed by atoms with Crippen molar-refractivity contribution in [3.05, 3.63) is 54.0 Å². The van der Waals surface area contributed by atoms with Crippen LogP contribution in [-0.2, 0) is 17.8 Å². The Morgan fingerprint density at radius 3 is 2.81 bits per heavy atom. The lowest BCUT2D eigenvalue weighted by Gasteiger charge is -2.36. The van der Waals surface area contributed by atoms with E-state index in [2.05, 4.69) is 29.0 Å². The average Bonchev–Trinajstić information content (AvgIpc) is 3.33. The van der Waals surface area contributed by atoms with Gasteiger partial charge in [-0.15, -0.1) is 0 Å². The molecule has 27 heavy (non-hydrogen) atoms. The molecular weight excluding hydrogens is 340 g/mol. The molecule has 2 aromatic rings. The molecule has 0 aliphatic carbocycles. The number of nitrogens with zero attached hydrogens (tertiary/aromatic N) is 2. The van der Waals surface area contributed by atoms with Crippen molar-refractivity contribution < 1.29 is 13.9 Å². The summed E-state index contributed by atoms with van der Waals surface area (Å²) < 4.78 is 16.9. The molecule has 0 amide bonds. The van der Waals surface area contributed by atoms with Gasteiger partial charge in [0.1, 0.15) is 11.5 Å². The van der Waals surface area contributed by atoms with Gasteiger partial charge in [-0.05, 0) is 55.8 Å². The molecule has 0 radical (unpaired) electrons. The Morgan fingerprint density at radius 1 is 1.22 bits per heavy atom. The first-order valence-corrected chi connectivity index (χ1v) is 9.89. The van der Waals surface area contributed by atoms with Gasteiger partial charge in [0.2, 0.25) is 0 Å². The van der Waals surface area contributed by atoms with E-state index in [-0.39, 0.29) is 0 Å². The largest absolute Gasteiger partial charge is 0.497 e. The number of hydrogen-bond donors (Lipinski definition) is 0. The van der Waals surface area contributed by atoms with Gasteiger partial charge in [-0.1, -0.05) is 12.1 Å². The Labute approximate surface area is 161 Å². The maximum atomic E-state index is 6.20. The summed E-state index contributed by atoms with van der Waals surface area (Å²) in [4.78, 5) is 4.89. The van der Waals surface area contributed by atoms with Crippen LogP contribution in [0.5, 0.6) is 5.75 Å². The highest BCUT2D eigenvalue weighted by Crippen LogP contribution is 2.35. The third-order valence-corrected chi connectivity index (χ3v) is 5.96. The fraction of sp³-hybridized carbons (Fsp3) is 0.545. The number of piperidine rings is 1. The fourth-order valence-electron chi connectivity index (χ4n) is 4.46. The molecule has 0 spiro atoms. The number of likely N-dealkylation sites (tertiary alicyclic amines) is 1.